The third kappa shape index (κ3) is 2.42. The van der Waals surface area contributed by atoms with E-state index in [1.54, 1.807) is 7.11 Å². The standard InChI is InChI=1S/C4H12OSi/c1-4(5-2)6-3/h4H,6H2,1-3H3. The van der Waals surface area contributed by atoms with E-state index in [4.69, 9.17) is 4.74 Å². The minimum Gasteiger partial charge on any atom is -0.386 e. The van der Waals surface area contributed by atoms with E-state index in [0.717, 1.165) is 0 Å². The first kappa shape index (κ1) is 6.18. The Morgan fingerprint density at radius 2 is 2.17 bits per heavy atom. The Balaban J connectivity index is 2.75. The molecule has 0 saturated heterocycles. The minimum absolute atomic E-state index is 0.116. The summed E-state index contributed by atoms with van der Waals surface area (Å²) in [6.07, 6.45) is 0. The zero-order chi connectivity index (χ0) is 4.99. The van der Waals surface area contributed by atoms with Gasteiger partial charge in [0.25, 0.3) is 0 Å². The molecule has 0 aromatic carbocycles. The summed E-state index contributed by atoms with van der Waals surface area (Å²) in [7, 11) is 1.88. The molecule has 0 aromatic rings. The van der Waals surface area contributed by atoms with Crippen molar-refractivity contribution in [2.75, 3.05) is 7.11 Å². The molecule has 38 valence electrons. The molecule has 0 aliphatic heterocycles. The molecule has 1 atom stereocenters. The zero-order valence-electron chi connectivity index (χ0n) is 4.69. The van der Waals surface area contributed by atoms with E-state index in [1.807, 2.05) is 0 Å². The molecule has 0 bridgehead atoms. The minimum atomic E-state index is 0.116. The van der Waals surface area contributed by atoms with Crippen LogP contribution in [-0.2, 0) is 4.74 Å². The van der Waals surface area contributed by atoms with Crippen molar-refractivity contribution in [3.8, 4) is 0 Å². The molecule has 0 aliphatic carbocycles. The highest BCUT2D eigenvalue weighted by molar-refractivity contribution is 6.35. The SMILES string of the molecule is COC(C)[SiH2]C. The molecule has 0 fully saturated rings. The van der Waals surface area contributed by atoms with Crippen LogP contribution in [0.15, 0.2) is 0 Å². The molecule has 1 nitrogen and oxygen atoms in total. The third-order valence-corrected chi connectivity index (χ3v) is 2.46. The molecule has 2 heteroatoms. The van der Waals surface area contributed by atoms with E-state index in [-0.39, 0.29) is 9.52 Å². The van der Waals surface area contributed by atoms with Gasteiger partial charge in [-0.3, -0.25) is 0 Å². The molecule has 1 unspecified atom stereocenters. The van der Waals surface area contributed by atoms with Crippen LogP contribution in [0, 0.1) is 0 Å². The van der Waals surface area contributed by atoms with E-state index in [2.05, 4.69) is 13.5 Å². The molecule has 0 saturated carbocycles. The monoisotopic (exact) mass is 104 g/mol. The quantitative estimate of drug-likeness (QED) is 0.455. The lowest BCUT2D eigenvalue weighted by Gasteiger charge is -2.00. The van der Waals surface area contributed by atoms with E-state index in [9.17, 15) is 0 Å². The molecule has 0 spiro atoms. The first-order valence-corrected chi connectivity index (χ1v) is 4.57. The Bertz CT molecular complexity index is 26.7. The second-order valence-electron chi connectivity index (χ2n) is 1.45. The molecule has 0 rings (SSSR count). The summed E-state index contributed by atoms with van der Waals surface area (Å²) in [4.78, 5) is 0. The number of methoxy groups -OCH3 is 1. The summed E-state index contributed by atoms with van der Waals surface area (Å²) < 4.78 is 4.96. The van der Waals surface area contributed by atoms with Crippen molar-refractivity contribution in [2.45, 2.75) is 19.2 Å². The second-order valence-corrected chi connectivity index (χ2v) is 3.42. The average Bonchev–Trinajstić information content (AvgIpc) is 1.65. The average molecular weight is 104 g/mol. The Morgan fingerprint density at radius 3 is 2.17 bits per heavy atom. The van der Waals surface area contributed by atoms with Crippen LogP contribution in [0.5, 0.6) is 0 Å². The first-order valence-electron chi connectivity index (χ1n) is 2.34. The molecule has 0 N–H and O–H groups in total. The van der Waals surface area contributed by atoms with Crippen LogP contribution in [0.1, 0.15) is 6.92 Å². The van der Waals surface area contributed by atoms with Gasteiger partial charge in [0.1, 0.15) is 0 Å². The highest BCUT2D eigenvalue weighted by Gasteiger charge is 1.89. The number of rotatable bonds is 2. The van der Waals surface area contributed by atoms with Gasteiger partial charge in [0.15, 0.2) is 0 Å². The number of hydrogen-bond acceptors (Lipinski definition) is 1. The zero-order valence-corrected chi connectivity index (χ0v) is 6.11. The van der Waals surface area contributed by atoms with Gasteiger partial charge in [-0.1, -0.05) is 6.55 Å². The summed E-state index contributed by atoms with van der Waals surface area (Å²) in [6.45, 7) is 4.36. The Labute approximate surface area is 41.5 Å². The van der Waals surface area contributed by atoms with Crippen molar-refractivity contribution in [3.63, 3.8) is 0 Å². The summed E-state index contributed by atoms with van der Waals surface area (Å²) in [5, 5.41) is 0. The molecule has 0 heterocycles. The normalized spacial score (nSPS) is 16.5. The fourth-order valence-electron chi connectivity index (χ4n) is 0.167. The Hall–Kier alpha value is 0.177. The van der Waals surface area contributed by atoms with Crippen LogP contribution in [0.3, 0.4) is 0 Å². The number of hydrogen-bond donors (Lipinski definition) is 0. The van der Waals surface area contributed by atoms with Gasteiger partial charge in [-0.15, -0.1) is 0 Å². The van der Waals surface area contributed by atoms with E-state index >= 15 is 0 Å². The summed E-state index contributed by atoms with van der Waals surface area (Å²) >= 11 is 0. The van der Waals surface area contributed by atoms with Gasteiger partial charge in [0.2, 0.25) is 0 Å². The molecule has 6 heavy (non-hydrogen) atoms. The van der Waals surface area contributed by atoms with Gasteiger partial charge in [-0.05, 0) is 6.92 Å². The van der Waals surface area contributed by atoms with Crippen molar-refractivity contribution in [2.24, 2.45) is 0 Å². The van der Waals surface area contributed by atoms with Crippen LogP contribution in [0.25, 0.3) is 0 Å². The van der Waals surface area contributed by atoms with Gasteiger partial charge in [0.05, 0.1) is 9.52 Å². The number of ether oxygens (including phenoxy) is 1. The molecular weight excluding hydrogens is 92.1 g/mol. The van der Waals surface area contributed by atoms with Crippen LogP contribution in [0.4, 0.5) is 0 Å². The lowest BCUT2D eigenvalue weighted by molar-refractivity contribution is 0.179. The van der Waals surface area contributed by atoms with E-state index in [1.165, 1.54) is 0 Å². The van der Waals surface area contributed by atoms with Crippen molar-refractivity contribution in [3.05, 3.63) is 0 Å². The molecular formula is C4H12OSi. The smallest absolute Gasteiger partial charge is 0.0521 e. The highest BCUT2D eigenvalue weighted by Crippen LogP contribution is 1.79. The van der Waals surface area contributed by atoms with Gasteiger partial charge in [0, 0.05) is 12.8 Å². The maximum Gasteiger partial charge on any atom is 0.0521 e. The highest BCUT2D eigenvalue weighted by atomic mass is 28.2. The van der Waals surface area contributed by atoms with Crippen molar-refractivity contribution < 1.29 is 4.74 Å². The maximum absolute atomic E-state index is 4.96. The summed E-state index contributed by atoms with van der Waals surface area (Å²) in [6, 6.07) is 0. The summed E-state index contributed by atoms with van der Waals surface area (Å²) in [5.41, 5.74) is 0.574. The fourth-order valence-corrected chi connectivity index (χ4v) is 0.500. The van der Waals surface area contributed by atoms with Crippen molar-refractivity contribution in [1.29, 1.82) is 0 Å². The van der Waals surface area contributed by atoms with E-state index in [0.29, 0.717) is 5.73 Å². The van der Waals surface area contributed by atoms with Crippen LogP contribution >= 0.6 is 0 Å². The lowest BCUT2D eigenvalue weighted by Crippen LogP contribution is -2.10. The van der Waals surface area contributed by atoms with Crippen LogP contribution in [-0.4, -0.2) is 22.4 Å². The van der Waals surface area contributed by atoms with Gasteiger partial charge < -0.3 is 4.74 Å². The van der Waals surface area contributed by atoms with Gasteiger partial charge >= 0.3 is 0 Å². The van der Waals surface area contributed by atoms with Crippen molar-refractivity contribution >= 4 is 9.52 Å². The summed E-state index contributed by atoms with van der Waals surface area (Å²) in [5.74, 6) is 0. The van der Waals surface area contributed by atoms with Crippen molar-refractivity contribution in [1.82, 2.24) is 0 Å². The third-order valence-electron chi connectivity index (χ3n) is 0.977. The van der Waals surface area contributed by atoms with E-state index < -0.39 is 0 Å². The Morgan fingerprint density at radius 1 is 1.67 bits per heavy atom. The second kappa shape index (κ2) is 3.37. The predicted octanol–water partition coefficient (Wildman–Crippen LogP) is 0.196. The fraction of sp³-hybridized carbons (Fsp3) is 1.00. The topological polar surface area (TPSA) is 9.23 Å². The molecule has 0 aromatic heterocycles. The maximum atomic E-state index is 4.96. The van der Waals surface area contributed by atoms with Crippen LogP contribution in [0.2, 0.25) is 6.55 Å². The molecule has 0 amide bonds. The lowest BCUT2D eigenvalue weighted by atomic mass is 10.9. The largest absolute Gasteiger partial charge is 0.386 e. The van der Waals surface area contributed by atoms with Gasteiger partial charge in [-0.25, -0.2) is 0 Å². The molecule has 0 aliphatic rings. The first-order chi connectivity index (χ1) is 2.81. The van der Waals surface area contributed by atoms with Crippen LogP contribution < -0.4 is 0 Å². The Kier molecular flexibility index (Phi) is 3.47. The predicted molar refractivity (Wildman–Crippen MR) is 30.9 cm³/mol. The van der Waals surface area contributed by atoms with Gasteiger partial charge in [-0.2, -0.15) is 0 Å². The molecule has 0 radical (unpaired) electrons.